The molecule has 0 aromatic carbocycles. The number of carboxylic acids is 1. The van der Waals surface area contributed by atoms with Gasteiger partial charge in [0, 0.05) is 6.04 Å². The molecule has 0 spiro atoms. The number of halogens is 2. The Morgan fingerprint density at radius 1 is 1.33 bits per heavy atom. The van der Waals surface area contributed by atoms with Crippen molar-refractivity contribution in [3.63, 3.8) is 0 Å². The number of carbonyl (C=O) groups excluding carboxylic acids is 1. The third-order valence-electron chi connectivity index (χ3n) is 1.25. The Bertz CT molecular complexity index is 170. The highest BCUT2D eigenvalue weighted by molar-refractivity contribution is 5.93. The molecule has 0 heterocycles. The van der Waals surface area contributed by atoms with Crippen molar-refractivity contribution >= 4 is 36.7 Å². The molecule has 12 heavy (non-hydrogen) atoms. The zero-order valence-electron chi connectivity index (χ0n) is 6.28. The standard InChI is InChI=1S/C6H9NO3.2ClH/c8-5(3-6(9)10)7-4-1-2-4;;/h4H,1-3H2,(H,7,8)(H,9,10);2*1H. The number of aliphatic carboxylic acids is 1. The van der Waals surface area contributed by atoms with Gasteiger partial charge in [0.15, 0.2) is 0 Å². The highest BCUT2D eigenvalue weighted by Crippen LogP contribution is 2.18. The molecule has 0 unspecified atom stereocenters. The smallest absolute Gasteiger partial charge is 0.312 e. The molecule has 4 nitrogen and oxygen atoms in total. The topological polar surface area (TPSA) is 66.4 Å². The van der Waals surface area contributed by atoms with E-state index in [0.29, 0.717) is 0 Å². The van der Waals surface area contributed by atoms with Crippen LogP contribution in [0.3, 0.4) is 0 Å². The molecule has 72 valence electrons. The first-order valence-electron chi connectivity index (χ1n) is 3.19. The fourth-order valence-electron chi connectivity index (χ4n) is 0.644. The molecule has 1 rings (SSSR count). The fraction of sp³-hybridized carbons (Fsp3) is 0.667. The summed E-state index contributed by atoms with van der Waals surface area (Å²) in [7, 11) is 0. The Morgan fingerprint density at radius 2 is 1.83 bits per heavy atom. The maximum Gasteiger partial charge on any atom is 0.312 e. The summed E-state index contributed by atoms with van der Waals surface area (Å²) >= 11 is 0. The van der Waals surface area contributed by atoms with E-state index in [2.05, 4.69) is 5.32 Å². The van der Waals surface area contributed by atoms with Gasteiger partial charge in [0.2, 0.25) is 5.91 Å². The zero-order chi connectivity index (χ0) is 7.56. The molecule has 1 aliphatic rings. The lowest BCUT2D eigenvalue weighted by atomic mass is 10.4. The Kier molecular flexibility index (Phi) is 7.13. The van der Waals surface area contributed by atoms with Crippen LogP contribution in [0.4, 0.5) is 0 Å². The summed E-state index contributed by atoms with van der Waals surface area (Å²) in [6.07, 6.45) is 1.58. The maximum absolute atomic E-state index is 10.6. The molecule has 1 aliphatic carbocycles. The van der Waals surface area contributed by atoms with Crippen molar-refractivity contribution in [2.24, 2.45) is 0 Å². The van der Waals surface area contributed by atoms with Gasteiger partial charge in [0.05, 0.1) is 0 Å². The number of carbonyl (C=O) groups is 2. The van der Waals surface area contributed by atoms with Gasteiger partial charge in [-0.15, -0.1) is 24.8 Å². The summed E-state index contributed by atoms with van der Waals surface area (Å²) in [5, 5.41) is 10.7. The summed E-state index contributed by atoms with van der Waals surface area (Å²) in [4.78, 5) is 20.6. The van der Waals surface area contributed by atoms with Crippen LogP contribution in [-0.4, -0.2) is 23.0 Å². The quantitative estimate of drug-likeness (QED) is 0.678. The van der Waals surface area contributed by atoms with E-state index in [9.17, 15) is 9.59 Å². The average Bonchev–Trinajstić information content (AvgIpc) is 2.46. The first-order valence-corrected chi connectivity index (χ1v) is 3.19. The SMILES string of the molecule is Cl.Cl.O=C(O)CC(=O)NC1CC1. The van der Waals surface area contributed by atoms with Gasteiger partial charge in [-0.05, 0) is 12.8 Å². The fourth-order valence-corrected chi connectivity index (χ4v) is 0.644. The second-order valence-corrected chi connectivity index (χ2v) is 2.41. The first kappa shape index (κ1) is 14.1. The first-order chi connectivity index (χ1) is 4.68. The number of nitrogens with one attached hydrogen (secondary N) is 1. The lowest BCUT2D eigenvalue weighted by Gasteiger charge is -1.97. The second-order valence-electron chi connectivity index (χ2n) is 2.41. The molecule has 0 bridgehead atoms. The van der Waals surface area contributed by atoms with E-state index in [-0.39, 0.29) is 36.8 Å². The van der Waals surface area contributed by atoms with Crippen molar-refractivity contribution < 1.29 is 14.7 Å². The molecule has 6 heteroatoms. The average molecular weight is 216 g/mol. The lowest BCUT2D eigenvalue weighted by Crippen LogP contribution is -2.27. The van der Waals surface area contributed by atoms with Crippen LogP contribution < -0.4 is 5.32 Å². The molecule has 1 amide bonds. The van der Waals surface area contributed by atoms with Crippen LogP contribution in [0.1, 0.15) is 19.3 Å². The number of rotatable bonds is 3. The third-order valence-corrected chi connectivity index (χ3v) is 1.25. The Balaban J connectivity index is 0. The van der Waals surface area contributed by atoms with Gasteiger partial charge < -0.3 is 10.4 Å². The molecule has 0 atom stereocenters. The molecule has 2 N–H and O–H groups in total. The number of amides is 1. The van der Waals surface area contributed by atoms with Gasteiger partial charge in [-0.1, -0.05) is 0 Å². The summed E-state index contributed by atoms with van der Waals surface area (Å²) < 4.78 is 0. The van der Waals surface area contributed by atoms with Gasteiger partial charge in [-0.25, -0.2) is 0 Å². The van der Waals surface area contributed by atoms with Crippen molar-refractivity contribution in [2.45, 2.75) is 25.3 Å². The molecule has 0 saturated heterocycles. The molecule has 0 radical (unpaired) electrons. The number of hydrogen-bond acceptors (Lipinski definition) is 2. The van der Waals surface area contributed by atoms with Crippen LogP contribution in [0.25, 0.3) is 0 Å². The van der Waals surface area contributed by atoms with Crippen molar-refractivity contribution in [3.05, 3.63) is 0 Å². The van der Waals surface area contributed by atoms with Crippen molar-refractivity contribution in [2.75, 3.05) is 0 Å². The highest BCUT2D eigenvalue weighted by Gasteiger charge is 2.23. The van der Waals surface area contributed by atoms with Crippen molar-refractivity contribution in [1.82, 2.24) is 5.32 Å². The van der Waals surface area contributed by atoms with Gasteiger partial charge >= 0.3 is 5.97 Å². The highest BCUT2D eigenvalue weighted by atomic mass is 35.5. The van der Waals surface area contributed by atoms with Crippen LogP contribution in [0.5, 0.6) is 0 Å². The summed E-state index contributed by atoms with van der Waals surface area (Å²) in [6.45, 7) is 0. The molecular weight excluding hydrogens is 205 g/mol. The van der Waals surface area contributed by atoms with Crippen LogP contribution in [0.15, 0.2) is 0 Å². The van der Waals surface area contributed by atoms with Crippen molar-refractivity contribution in [3.8, 4) is 0 Å². The minimum atomic E-state index is -1.07. The Labute approximate surface area is 82.5 Å². The van der Waals surface area contributed by atoms with E-state index in [4.69, 9.17) is 5.11 Å². The molecule has 0 aromatic heterocycles. The maximum atomic E-state index is 10.6. The van der Waals surface area contributed by atoms with Gasteiger partial charge in [-0.3, -0.25) is 9.59 Å². The summed E-state index contributed by atoms with van der Waals surface area (Å²) in [5.74, 6) is -1.45. The zero-order valence-corrected chi connectivity index (χ0v) is 7.91. The van der Waals surface area contributed by atoms with Crippen LogP contribution in [0.2, 0.25) is 0 Å². The second kappa shape index (κ2) is 6.08. The minimum Gasteiger partial charge on any atom is -0.481 e. The number of carboxylic acid groups (broad SMARTS) is 1. The Hall–Kier alpha value is -0.480. The predicted molar refractivity (Wildman–Crippen MR) is 47.9 cm³/mol. The number of hydrogen-bond donors (Lipinski definition) is 2. The molecular formula is C6H11Cl2NO3. The lowest BCUT2D eigenvalue weighted by molar-refractivity contribution is -0.140. The monoisotopic (exact) mass is 215 g/mol. The minimum absolute atomic E-state index is 0. The van der Waals surface area contributed by atoms with E-state index in [1.165, 1.54) is 0 Å². The van der Waals surface area contributed by atoms with E-state index < -0.39 is 12.4 Å². The normalized spacial score (nSPS) is 13.7. The molecule has 0 aromatic rings. The van der Waals surface area contributed by atoms with Gasteiger partial charge in [0.25, 0.3) is 0 Å². The largest absolute Gasteiger partial charge is 0.481 e. The van der Waals surface area contributed by atoms with E-state index >= 15 is 0 Å². The van der Waals surface area contributed by atoms with E-state index in [1.54, 1.807) is 0 Å². The Morgan fingerprint density at radius 3 is 2.17 bits per heavy atom. The van der Waals surface area contributed by atoms with Crippen LogP contribution in [-0.2, 0) is 9.59 Å². The van der Waals surface area contributed by atoms with Crippen LogP contribution >= 0.6 is 24.8 Å². The van der Waals surface area contributed by atoms with Crippen molar-refractivity contribution in [1.29, 1.82) is 0 Å². The van der Waals surface area contributed by atoms with Crippen LogP contribution in [0, 0.1) is 0 Å². The van der Waals surface area contributed by atoms with E-state index in [1.807, 2.05) is 0 Å². The van der Waals surface area contributed by atoms with E-state index in [0.717, 1.165) is 12.8 Å². The van der Waals surface area contributed by atoms with Gasteiger partial charge in [0.1, 0.15) is 6.42 Å². The molecule has 1 fully saturated rings. The molecule has 0 aliphatic heterocycles. The third kappa shape index (κ3) is 6.24. The van der Waals surface area contributed by atoms with Gasteiger partial charge in [-0.2, -0.15) is 0 Å². The summed E-state index contributed by atoms with van der Waals surface area (Å²) in [5.41, 5.74) is 0. The predicted octanol–water partition coefficient (Wildman–Crippen LogP) is 0.583. The summed E-state index contributed by atoms with van der Waals surface area (Å²) in [6, 6.07) is 0.256. The molecule has 1 saturated carbocycles.